The quantitative estimate of drug-likeness (QED) is 0.675. The molecule has 0 amide bonds. The van der Waals surface area contributed by atoms with Crippen molar-refractivity contribution in [1.82, 2.24) is 14.2 Å². The summed E-state index contributed by atoms with van der Waals surface area (Å²) in [5.41, 5.74) is 2.36. The first-order valence-electron chi connectivity index (χ1n) is 8.44. The fourth-order valence-corrected chi connectivity index (χ4v) is 3.63. The van der Waals surface area contributed by atoms with Gasteiger partial charge in [0.25, 0.3) is 5.56 Å². The molecule has 0 radical (unpaired) electrons. The van der Waals surface area contributed by atoms with E-state index in [2.05, 4.69) is 18.9 Å². The number of aryl methyl sites for hydroxylation is 1. The molecular formula is C19H21ClFN3O. The van der Waals surface area contributed by atoms with Gasteiger partial charge in [0.2, 0.25) is 0 Å². The molecule has 6 heteroatoms. The molecule has 0 bridgehead atoms. The Hall–Kier alpha value is -2.14. The zero-order valence-electron chi connectivity index (χ0n) is 14.8. The van der Waals surface area contributed by atoms with Crippen LogP contribution in [-0.2, 0) is 7.05 Å². The standard InChI is InChI=1S/C19H21ClFN3O/c1-5-12(6-2)13-10-11(3)24-17(13)19(25)23(4)18(22-24)16-14(20)8-7-9-15(16)21/h7-10,12H,5-6H2,1-4H3. The van der Waals surface area contributed by atoms with Crippen molar-refractivity contribution in [2.24, 2.45) is 7.05 Å². The van der Waals surface area contributed by atoms with Gasteiger partial charge < -0.3 is 0 Å². The van der Waals surface area contributed by atoms with Crippen molar-refractivity contribution in [2.75, 3.05) is 0 Å². The molecule has 4 nitrogen and oxygen atoms in total. The van der Waals surface area contributed by atoms with Crippen LogP contribution in [0.15, 0.2) is 29.1 Å². The predicted octanol–water partition coefficient (Wildman–Crippen LogP) is 4.70. The Morgan fingerprint density at radius 2 is 1.96 bits per heavy atom. The molecule has 3 rings (SSSR count). The summed E-state index contributed by atoms with van der Waals surface area (Å²) < 4.78 is 17.3. The van der Waals surface area contributed by atoms with Gasteiger partial charge >= 0.3 is 0 Å². The van der Waals surface area contributed by atoms with Gasteiger partial charge in [-0.05, 0) is 49.4 Å². The first-order chi connectivity index (χ1) is 11.9. The van der Waals surface area contributed by atoms with E-state index in [4.69, 9.17) is 11.6 Å². The molecule has 0 saturated heterocycles. The molecular weight excluding hydrogens is 341 g/mol. The maximum absolute atomic E-state index is 14.3. The third-order valence-electron chi connectivity index (χ3n) is 4.82. The van der Waals surface area contributed by atoms with Crippen LogP contribution in [-0.4, -0.2) is 14.2 Å². The Balaban J connectivity index is 2.38. The molecule has 2 heterocycles. The number of aromatic nitrogens is 3. The van der Waals surface area contributed by atoms with Crippen molar-refractivity contribution in [3.05, 3.63) is 56.7 Å². The van der Waals surface area contributed by atoms with Crippen LogP contribution in [0.5, 0.6) is 0 Å². The Morgan fingerprint density at radius 3 is 2.56 bits per heavy atom. The summed E-state index contributed by atoms with van der Waals surface area (Å²) in [6.45, 7) is 6.12. The van der Waals surface area contributed by atoms with Crippen LogP contribution in [0, 0.1) is 12.7 Å². The SMILES string of the molecule is CCC(CC)c1cc(C)n2nc(-c3c(F)cccc3Cl)n(C)c(=O)c12. The summed E-state index contributed by atoms with van der Waals surface area (Å²) in [6.07, 6.45) is 1.89. The lowest BCUT2D eigenvalue weighted by atomic mass is 9.95. The predicted molar refractivity (Wildman–Crippen MR) is 98.9 cm³/mol. The van der Waals surface area contributed by atoms with Crippen molar-refractivity contribution in [2.45, 2.75) is 39.5 Å². The van der Waals surface area contributed by atoms with E-state index in [-0.39, 0.29) is 22.0 Å². The number of benzene rings is 1. The first kappa shape index (κ1) is 17.7. The fraction of sp³-hybridized carbons (Fsp3) is 0.368. The summed E-state index contributed by atoms with van der Waals surface area (Å²) in [6, 6.07) is 6.45. The molecule has 0 N–H and O–H groups in total. The fourth-order valence-electron chi connectivity index (χ4n) is 3.38. The molecule has 0 fully saturated rings. The van der Waals surface area contributed by atoms with Crippen molar-refractivity contribution in [1.29, 1.82) is 0 Å². The van der Waals surface area contributed by atoms with Gasteiger partial charge in [-0.1, -0.05) is 31.5 Å². The number of hydrogen-bond donors (Lipinski definition) is 0. The third kappa shape index (κ3) is 2.76. The molecule has 0 aliphatic rings. The molecule has 3 aromatic rings. The number of nitrogens with zero attached hydrogens (tertiary/aromatic N) is 3. The number of halogens is 2. The lowest BCUT2D eigenvalue weighted by Crippen LogP contribution is -2.24. The normalized spacial score (nSPS) is 11.6. The van der Waals surface area contributed by atoms with E-state index >= 15 is 0 Å². The largest absolute Gasteiger partial charge is 0.292 e. The smallest absolute Gasteiger partial charge is 0.278 e. The highest BCUT2D eigenvalue weighted by molar-refractivity contribution is 6.33. The van der Waals surface area contributed by atoms with E-state index in [1.165, 1.54) is 16.7 Å². The lowest BCUT2D eigenvalue weighted by Gasteiger charge is -2.14. The molecule has 0 atom stereocenters. The van der Waals surface area contributed by atoms with Gasteiger partial charge in [-0.2, -0.15) is 0 Å². The number of rotatable bonds is 4. The summed E-state index contributed by atoms with van der Waals surface area (Å²) in [7, 11) is 1.60. The van der Waals surface area contributed by atoms with Crippen molar-refractivity contribution in [3.63, 3.8) is 0 Å². The van der Waals surface area contributed by atoms with E-state index < -0.39 is 5.82 Å². The van der Waals surface area contributed by atoms with Crippen LogP contribution in [0.4, 0.5) is 4.39 Å². The van der Waals surface area contributed by atoms with Crippen LogP contribution < -0.4 is 5.56 Å². The minimum atomic E-state index is -0.501. The molecule has 1 aromatic carbocycles. The zero-order valence-corrected chi connectivity index (χ0v) is 15.6. The lowest BCUT2D eigenvalue weighted by molar-refractivity contribution is 0.625. The Morgan fingerprint density at radius 1 is 1.28 bits per heavy atom. The van der Waals surface area contributed by atoms with E-state index in [9.17, 15) is 9.18 Å². The van der Waals surface area contributed by atoms with Gasteiger partial charge in [-0.15, -0.1) is 5.10 Å². The number of fused-ring (bicyclic) bond motifs is 1. The first-order valence-corrected chi connectivity index (χ1v) is 8.82. The van der Waals surface area contributed by atoms with Gasteiger partial charge in [0.15, 0.2) is 5.82 Å². The van der Waals surface area contributed by atoms with Crippen molar-refractivity contribution >= 4 is 17.1 Å². The second-order valence-electron chi connectivity index (χ2n) is 6.30. The van der Waals surface area contributed by atoms with Gasteiger partial charge in [-0.25, -0.2) is 8.91 Å². The highest BCUT2D eigenvalue weighted by Gasteiger charge is 2.22. The average Bonchev–Trinajstić information content (AvgIpc) is 2.90. The van der Waals surface area contributed by atoms with E-state index in [0.717, 1.165) is 24.1 Å². The van der Waals surface area contributed by atoms with E-state index in [0.29, 0.717) is 11.4 Å². The van der Waals surface area contributed by atoms with Gasteiger partial charge in [0, 0.05) is 12.7 Å². The Kier molecular flexibility index (Phi) is 4.69. The van der Waals surface area contributed by atoms with Crippen LogP contribution in [0.3, 0.4) is 0 Å². The maximum Gasteiger partial charge on any atom is 0.278 e. The van der Waals surface area contributed by atoms with Crippen LogP contribution >= 0.6 is 11.6 Å². The van der Waals surface area contributed by atoms with Gasteiger partial charge in [-0.3, -0.25) is 9.36 Å². The molecule has 2 aromatic heterocycles. The summed E-state index contributed by atoms with van der Waals surface area (Å²) >= 11 is 6.18. The Labute approximate surface area is 150 Å². The summed E-state index contributed by atoms with van der Waals surface area (Å²) in [4.78, 5) is 13.1. The second-order valence-corrected chi connectivity index (χ2v) is 6.71. The van der Waals surface area contributed by atoms with Gasteiger partial charge in [0.1, 0.15) is 11.3 Å². The minimum Gasteiger partial charge on any atom is -0.292 e. The zero-order chi connectivity index (χ0) is 18.3. The monoisotopic (exact) mass is 361 g/mol. The summed E-state index contributed by atoms with van der Waals surface area (Å²) in [5, 5.41) is 4.78. The van der Waals surface area contributed by atoms with Crippen LogP contribution in [0.1, 0.15) is 43.9 Å². The molecule has 0 spiro atoms. The molecule has 132 valence electrons. The van der Waals surface area contributed by atoms with Gasteiger partial charge in [0.05, 0.1) is 10.6 Å². The minimum absolute atomic E-state index is 0.142. The molecule has 25 heavy (non-hydrogen) atoms. The average molecular weight is 362 g/mol. The van der Waals surface area contributed by atoms with Crippen LogP contribution in [0.2, 0.25) is 5.02 Å². The summed E-state index contributed by atoms with van der Waals surface area (Å²) in [5.74, 6) is 0.0101. The van der Waals surface area contributed by atoms with E-state index in [1.54, 1.807) is 17.6 Å². The molecule has 0 aliphatic heterocycles. The molecule has 0 saturated carbocycles. The van der Waals surface area contributed by atoms with Crippen molar-refractivity contribution in [3.8, 4) is 11.4 Å². The third-order valence-corrected chi connectivity index (χ3v) is 5.13. The highest BCUT2D eigenvalue weighted by Crippen LogP contribution is 2.31. The topological polar surface area (TPSA) is 39.3 Å². The molecule has 0 unspecified atom stereocenters. The molecule has 0 aliphatic carbocycles. The van der Waals surface area contributed by atoms with Crippen molar-refractivity contribution < 1.29 is 4.39 Å². The van der Waals surface area contributed by atoms with Crippen LogP contribution in [0.25, 0.3) is 16.9 Å². The maximum atomic E-state index is 14.3. The number of hydrogen-bond acceptors (Lipinski definition) is 2. The Bertz CT molecular complexity index is 982. The van der Waals surface area contributed by atoms with E-state index in [1.807, 2.05) is 13.0 Å². The highest BCUT2D eigenvalue weighted by atomic mass is 35.5. The second kappa shape index (κ2) is 6.64.